The van der Waals surface area contributed by atoms with Crippen molar-refractivity contribution in [3.63, 3.8) is 0 Å². The van der Waals surface area contributed by atoms with Gasteiger partial charge in [-0.15, -0.1) is 0 Å². The summed E-state index contributed by atoms with van der Waals surface area (Å²) in [5.74, 6) is -1.33. The number of rotatable bonds is 7. The van der Waals surface area contributed by atoms with Gasteiger partial charge in [-0.05, 0) is 6.42 Å². The fourth-order valence-electron chi connectivity index (χ4n) is 2.48. The van der Waals surface area contributed by atoms with E-state index in [1.807, 2.05) is 6.92 Å². The van der Waals surface area contributed by atoms with Crippen LogP contribution in [0.2, 0.25) is 0 Å². The zero-order valence-electron chi connectivity index (χ0n) is 12.1. The normalized spacial score (nSPS) is 19.7. The molecule has 19 heavy (non-hydrogen) atoms. The summed E-state index contributed by atoms with van der Waals surface area (Å²) in [4.78, 5) is 24.5. The molecule has 1 atom stereocenters. The molecule has 1 saturated heterocycles. The van der Waals surface area contributed by atoms with Crippen LogP contribution >= 0.6 is 0 Å². The molecule has 5 nitrogen and oxygen atoms in total. The van der Waals surface area contributed by atoms with Gasteiger partial charge in [0.1, 0.15) is 11.5 Å². The molecule has 0 N–H and O–H groups in total. The molecule has 1 rings (SSSR count). The van der Waals surface area contributed by atoms with E-state index in [2.05, 4.69) is 0 Å². The van der Waals surface area contributed by atoms with E-state index in [-0.39, 0.29) is 5.78 Å². The van der Waals surface area contributed by atoms with Crippen LogP contribution in [-0.4, -0.2) is 44.8 Å². The quantitative estimate of drug-likeness (QED) is 0.522. The Morgan fingerprint density at radius 1 is 1.26 bits per heavy atom. The van der Waals surface area contributed by atoms with Gasteiger partial charge in [-0.3, -0.25) is 9.59 Å². The second-order valence-electron chi connectivity index (χ2n) is 4.89. The molecule has 1 fully saturated rings. The summed E-state index contributed by atoms with van der Waals surface area (Å²) < 4.78 is 15.5. The Morgan fingerprint density at radius 2 is 1.89 bits per heavy atom. The van der Waals surface area contributed by atoms with Crippen LogP contribution in [0.1, 0.15) is 39.0 Å². The molecule has 0 amide bonds. The van der Waals surface area contributed by atoms with Gasteiger partial charge in [0, 0.05) is 33.2 Å². The van der Waals surface area contributed by atoms with Crippen molar-refractivity contribution in [1.82, 2.24) is 0 Å². The van der Waals surface area contributed by atoms with Gasteiger partial charge in [0.05, 0.1) is 7.11 Å². The Balaban J connectivity index is 2.86. The first-order valence-corrected chi connectivity index (χ1v) is 6.86. The van der Waals surface area contributed by atoms with E-state index >= 15 is 0 Å². The van der Waals surface area contributed by atoms with E-state index < -0.39 is 17.5 Å². The number of ether oxygens (including phenoxy) is 3. The molecule has 0 spiro atoms. The van der Waals surface area contributed by atoms with Crippen molar-refractivity contribution in [1.29, 1.82) is 0 Å². The average molecular weight is 272 g/mol. The fraction of sp³-hybridized carbons (Fsp3) is 0.857. The van der Waals surface area contributed by atoms with Crippen LogP contribution in [0.3, 0.4) is 0 Å². The van der Waals surface area contributed by atoms with Crippen molar-refractivity contribution in [2.45, 2.75) is 44.6 Å². The molecule has 0 bridgehead atoms. The molecule has 1 heterocycles. The second-order valence-corrected chi connectivity index (χ2v) is 4.89. The summed E-state index contributed by atoms with van der Waals surface area (Å²) in [6, 6.07) is 0. The third-order valence-corrected chi connectivity index (χ3v) is 3.79. The van der Waals surface area contributed by atoms with Gasteiger partial charge < -0.3 is 14.2 Å². The van der Waals surface area contributed by atoms with Crippen molar-refractivity contribution >= 4 is 11.8 Å². The first kappa shape index (κ1) is 16.1. The molecule has 0 aromatic heterocycles. The predicted molar refractivity (Wildman–Crippen MR) is 69.8 cm³/mol. The average Bonchev–Trinajstić information content (AvgIpc) is 2.47. The van der Waals surface area contributed by atoms with Gasteiger partial charge in [-0.1, -0.05) is 19.8 Å². The number of hydrogen-bond acceptors (Lipinski definition) is 5. The number of hydrogen-bond donors (Lipinski definition) is 0. The minimum absolute atomic E-state index is 0.154. The van der Waals surface area contributed by atoms with E-state index in [1.54, 1.807) is 0 Å². The van der Waals surface area contributed by atoms with E-state index in [9.17, 15) is 9.59 Å². The monoisotopic (exact) mass is 272 g/mol. The topological polar surface area (TPSA) is 61.8 Å². The van der Waals surface area contributed by atoms with Gasteiger partial charge in [-0.2, -0.15) is 0 Å². The highest BCUT2D eigenvalue weighted by molar-refractivity contribution is 6.03. The molecule has 0 aromatic rings. The number of methoxy groups -OCH3 is 2. The van der Waals surface area contributed by atoms with E-state index in [0.29, 0.717) is 32.5 Å². The zero-order chi connectivity index (χ0) is 14.3. The minimum Gasteiger partial charge on any atom is -0.468 e. The molecule has 0 aliphatic carbocycles. The zero-order valence-corrected chi connectivity index (χ0v) is 12.1. The summed E-state index contributed by atoms with van der Waals surface area (Å²) in [5, 5.41) is 0. The third kappa shape index (κ3) is 3.76. The van der Waals surface area contributed by atoms with E-state index in [4.69, 9.17) is 14.2 Å². The number of carbonyl (C=O) groups is 2. The Labute approximate surface area is 114 Å². The van der Waals surface area contributed by atoms with Gasteiger partial charge in [-0.25, -0.2) is 0 Å². The highest BCUT2D eigenvalue weighted by atomic mass is 16.5. The van der Waals surface area contributed by atoms with Crippen molar-refractivity contribution in [3.05, 3.63) is 0 Å². The number of Topliss-reactive ketones (excluding diaryl/α,β-unsaturated/α-hetero) is 1. The lowest BCUT2D eigenvalue weighted by Gasteiger charge is -2.36. The third-order valence-electron chi connectivity index (χ3n) is 3.79. The highest BCUT2D eigenvalue weighted by Gasteiger charge is 2.45. The molecule has 0 radical (unpaired) electrons. The van der Waals surface area contributed by atoms with Crippen molar-refractivity contribution in [2.75, 3.05) is 27.4 Å². The van der Waals surface area contributed by atoms with E-state index in [1.165, 1.54) is 14.2 Å². The summed E-state index contributed by atoms with van der Waals surface area (Å²) in [6.07, 6.45) is 3.28. The van der Waals surface area contributed by atoms with Crippen LogP contribution in [0.25, 0.3) is 0 Å². The Morgan fingerprint density at radius 3 is 2.37 bits per heavy atom. The molecule has 5 heteroatoms. The molecule has 110 valence electrons. The molecule has 1 aliphatic heterocycles. The number of carbonyl (C=O) groups excluding carboxylic acids is 2. The van der Waals surface area contributed by atoms with Crippen LogP contribution in [0.5, 0.6) is 0 Å². The second kappa shape index (κ2) is 7.60. The largest absolute Gasteiger partial charge is 0.468 e. The van der Waals surface area contributed by atoms with Gasteiger partial charge in [0.2, 0.25) is 0 Å². The Bertz CT molecular complexity index is 307. The maximum absolute atomic E-state index is 12.7. The van der Waals surface area contributed by atoms with Crippen molar-refractivity contribution < 1.29 is 23.8 Å². The van der Waals surface area contributed by atoms with Crippen LogP contribution in [0.4, 0.5) is 0 Å². The van der Waals surface area contributed by atoms with E-state index in [0.717, 1.165) is 12.8 Å². The van der Waals surface area contributed by atoms with Crippen LogP contribution in [0.15, 0.2) is 0 Å². The minimum atomic E-state index is -0.884. The maximum atomic E-state index is 12.7. The highest BCUT2D eigenvalue weighted by Crippen LogP contribution is 2.30. The molecule has 0 aromatic carbocycles. The summed E-state index contributed by atoms with van der Waals surface area (Å²) in [7, 11) is 2.84. The van der Waals surface area contributed by atoms with Gasteiger partial charge in [0.15, 0.2) is 5.78 Å². The lowest BCUT2D eigenvalue weighted by molar-refractivity contribution is -0.165. The van der Waals surface area contributed by atoms with Crippen LogP contribution in [-0.2, 0) is 23.8 Å². The summed E-state index contributed by atoms with van der Waals surface area (Å²) in [6.45, 7) is 3.00. The van der Waals surface area contributed by atoms with Crippen molar-refractivity contribution in [2.24, 2.45) is 5.92 Å². The molecule has 1 aliphatic rings. The Hall–Kier alpha value is -0.940. The summed E-state index contributed by atoms with van der Waals surface area (Å²) in [5.41, 5.74) is -0.884. The van der Waals surface area contributed by atoms with Gasteiger partial charge >= 0.3 is 5.97 Å². The molecule has 1 unspecified atom stereocenters. The first-order valence-electron chi connectivity index (χ1n) is 6.86. The van der Waals surface area contributed by atoms with Gasteiger partial charge in [0.25, 0.3) is 0 Å². The molecule has 0 saturated carbocycles. The number of unbranched alkanes of at least 4 members (excludes halogenated alkanes) is 1. The van der Waals surface area contributed by atoms with Crippen molar-refractivity contribution in [3.8, 4) is 0 Å². The lowest BCUT2D eigenvalue weighted by Crippen LogP contribution is -2.50. The molecular weight excluding hydrogens is 248 g/mol. The standard InChI is InChI=1S/C14H24O5/c1-4-5-6-11(13(16)17-2)12(15)14(18-3)7-9-19-10-8-14/h11H,4-10H2,1-3H3. The van der Waals surface area contributed by atoms with Crippen LogP contribution in [0, 0.1) is 5.92 Å². The lowest BCUT2D eigenvalue weighted by atomic mass is 9.81. The SMILES string of the molecule is CCCCC(C(=O)OC)C(=O)C1(OC)CCOCC1. The first-order chi connectivity index (χ1) is 9.11. The smallest absolute Gasteiger partial charge is 0.316 e. The number of esters is 1. The molecular formula is C14H24O5. The van der Waals surface area contributed by atoms with Crippen LogP contribution < -0.4 is 0 Å². The Kier molecular flexibility index (Phi) is 6.45. The maximum Gasteiger partial charge on any atom is 0.316 e. The number of ketones is 1. The summed E-state index contributed by atoms with van der Waals surface area (Å²) >= 11 is 0. The predicted octanol–water partition coefficient (Wildman–Crippen LogP) is 1.73. The fourth-order valence-corrected chi connectivity index (χ4v) is 2.48.